The molecule has 6 nitrogen and oxygen atoms in total. The molecule has 0 saturated carbocycles. The Balaban J connectivity index is 1.94. The first-order valence-corrected chi connectivity index (χ1v) is 6.79. The maximum atomic E-state index is 12.2. The predicted molar refractivity (Wildman–Crippen MR) is 73.3 cm³/mol. The van der Waals surface area contributed by atoms with E-state index in [2.05, 4.69) is 0 Å². The van der Waals surface area contributed by atoms with Crippen molar-refractivity contribution in [2.24, 2.45) is 0 Å². The summed E-state index contributed by atoms with van der Waals surface area (Å²) in [6.45, 7) is 3.03. The van der Waals surface area contributed by atoms with Gasteiger partial charge in [0.25, 0.3) is 5.56 Å². The van der Waals surface area contributed by atoms with Crippen LogP contribution in [-0.2, 0) is 16.1 Å². The van der Waals surface area contributed by atoms with Crippen LogP contribution in [0.15, 0.2) is 29.2 Å². The van der Waals surface area contributed by atoms with Gasteiger partial charge in [-0.2, -0.15) is 0 Å². The van der Waals surface area contributed by atoms with Crippen LogP contribution in [0, 0.1) is 0 Å². The summed E-state index contributed by atoms with van der Waals surface area (Å²) >= 11 is 0. The van der Waals surface area contributed by atoms with Crippen molar-refractivity contribution in [3.8, 4) is 0 Å². The highest BCUT2D eigenvalue weighted by Crippen LogP contribution is 2.13. The van der Waals surface area contributed by atoms with Crippen LogP contribution in [0.4, 0.5) is 0 Å². The predicted octanol–water partition coefficient (Wildman–Crippen LogP) is -0.153. The zero-order chi connectivity index (χ0) is 14.5. The molecule has 1 aromatic heterocycles. The second-order valence-corrected chi connectivity index (χ2v) is 5.02. The summed E-state index contributed by atoms with van der Waals surface area (Å²) in [7, 11) is 0. The molecule has 1 aliphatic rings. The molecule has 110 valence electrons. The van der Waals surface area contributed by atoms with Gasteiger partial charge in [0.05, 0.1) is 25.4 Å². The number of aliphatic hydroxyl groups is 1. The number of ether oxygens (including phenoxy) is 1. The molecule has 1 aromatic rings. The summed E-state index contributed by atoms with van der Waals surface area (Å²) in [5.74, 6) is -0.0185. The summed E-state index contributed by atoms with van der Waals surface area (Å²) in [6, 6.07) is 4.92. The van der Waals surface area contributed by atoms with Gasteiger partial charge >= 0.3 is 0 Å². The lowest BCUT2D eigenvalue weighted by Gasteiger charge is -2.37. The van der Waals surface area contributed by atoms with E-state index in [-0.39, 0.29) is 36.6 Å². The van der Waals surface area contributed by atoms with Crippen molar-refractivity contribution >= 4 is 5.91 Å². The molecule has 1 fully saturated rings. The van der Waals surface area contributed by atoms with E-state index >= 15 is 0 Å². The second-order valence-electron chi connectivity index (χ2n) is 5.02. The van der Waals surface area contributed by atoms with Crippen molar-refractivity contribution in [3.05, 3.63) is 34.7 Å². The quantitative estimate of drug-likeness (QED) is 0.832. The number of amides is 1. The highest BCUT2D eigenvalue weighted by molar-refractivity contribution is 5.76. The first-order chi connectivity index (χ1) is 9.61. The Kier molecular flexibility index (Phi) is 4.92. The minimum atomic E-state index is -0.311. The Labute approximate surface area is 117 Å². The molecule has 2 rings (SSSR count). The fourth-order valence-corrected chi connectivity index (χ4v) is 2.28. The van der Waals surface area contributed by atoms with Gasteiger partial charge < -0.3 is 19.3 Å². The standard InChI is InChI=1S/C14H20N2O4/c1-11-10-20-12(9-17)8-16(11)14(19)5-7-15-6-3-2-4-13(15)18/h2-4,6,11-12,17H,5,7-10H2,1H3. The van der Waals surface area contributed by atoms with E-state index in [1.165, 1.54) is 10.6 Å². The number of rotatable bonds is 4. The maximum absolute atomic E-state index is 12.2. The smallest absolute Gasteiger partial charge is 0.250 e. The second kappa shape index (κ2) is 6.67. The summed E-state index contributed by atoms with van der Waals surface area (Å²) < 4.78 is 6.92. The zero-order valence-corrected chi connectivity index (χ0v) is 11.6. The molecule has 1 N–H and O–H groups in total. The van der Waals surface area contributed by atoms with Crippen molar-refractivity contribution in [1.29, 1.82) is 0 Å². The summed E-state index contributed by atoms with van der Waals surface area (Å²) in [4.78, 5) is 25.5. The summed E-state index contributed by atoms with van der Waals surface area (Å²) in [5, 5.41) is 9.11. The number of nitrogens with zero attached hydrogens (tertiary/aromatic N) is 2. The molecular weight excluding hydrogens is 260 g/mol. The molecule has 1 aliphatic heterocycles. The number of pyridine rings is 1. The lowest BCUT2D eigenvalue weighted by atomic mass is 10.2. The highest BCUT2D eigenvalue weighted by atomic mass is 16.5. The van der Waals surface area contributed by atoms with E-state index in [1.54, 1.807) is 23.2 Å². The third kappa shape index (κ3) is 3.46. The SMILES string of the molecule is CC1COC(CO)CN1C(=O)CCn1ccccc1=O. The number of carbonyl (C=O) groups excluding carboxylic acids is 1. The van der Waals surface area contributed by atoms with E-state index in [0.29, 0.717) is 19.7 Å². The van der Waals surface area contributed by atoms with Crippen molar-refractivity contribution in [2.45, 2.75) is 32.0 Å². The van der Waals surface area contributed by atoms with Gasteiger partial charge in [-0.25, -0.2) is 0 Å². The van der Waals surface area contributed by atoms with Gasteiger partial charge in [-0.1, -0.05) is 6.07 Å². The molecule has 0 bridgehead atoms. The summed E-state index contributed by atoms with van der Waals surface area (Å²) in [5.41, 5.74) is -0.108. The van der Waals surface area contributed by atoms with Crippen LogP contribution in [0.25, 0.3) is 0 Å². The fourth-order valence-electron chi connectivity index (χ4n) is 2.28. The maximum Gasteiger partial charge on any atom is 0.250 e. The lowest BCUT2D eigenvalue weighted by Crippen LogP contribution is -2.52. The van der Waals surface area contributed by atoms with Crippen molar-refractivity contribution in [3.63, 3.8) is 0 Å². The minimum absolute atomic E-state index is 0.00204. The highest BCUT2D eigenvalue weighted by Gasteiger charge is 2.28. The van der Waals surface area contributed by atoms with Crippen LogP contribution in [0.1, 0.15) is 13.3 Å². The molecule has 0 aromatic carbocycles. The van der Waals surface area contributed by atoms with E-state index in [9.17, 15) is 9.59 Å². The number of hydrogen-bond acceptors (Lipinski definition) is 4. The van der Waals surface area contributed by atoms with Gasteiger partial charge in [-0.3, -0.25) is 9.59 Å². The first kappa shape index (κ1) is 14.7. The number of aliphatic hydroxyl groups excluding tert-OH is 1. The van der Waals surface area contributed by atoms with Crippen LogP contribution >= 0.6 is 0 Å². The number of aromatic nitrogens is 1. The minimum Gasteiger partial charge on any atom is -0.394 e. The van der Waals surface area contributed by atoms with Gasteiger partial charge in [0.15, 0.2) is 0 Å². The molecule has 0 aliphatic carbocycles. The third-order valence-electron chi connectivity index (χ3n) is 3.50. The van der Waals surface area contributed by atoms with Crippen LogP contribution in [0.3, 0.4) is 0 Å². The molecule has 0 radical (unpaired) electrons. The van der Waals surface area contributed by atoms with Gasteiger partial charge in [0.1, 0.15) is 0 Å². The number of morpholine rings is 1. The number of aryl methyl sites for hydroxylation is 1. The molecular formula is C14H20N2O4. The fraction of sp³-hybridized carbons (Fsp3) is 0.571. The van der Waals surface area contributed by atoms with E-state index < -0.39 is 0 Å². The monoisotopic (exact) mass is 280 g/mol. The Morgan fingerprint density at radius 3 is 3.00 bits per heavy atom. The van der Waals surface area contributed by atoms with Gasteiger partial charge in [0.2, 0.25) is 5.91 Å². The Hall–Kier alpha value is -1.66. The van der Waals surface area contributed by atoms with Crippen molar-refractivity contribution in [2.75, 3.05) is 19.8 Å². The Morgan fingerprint density at radius 1 is 1.50 bits per heavy atom. The van der Waals surface area contributed by atoms with Crippen molar-refractivity contribution in [1.82, 2.24) is 9.47 Å². The molecule has 20 heavy (non-hydrogen) atoms. The van der Waals surface area contributed by atoms with E-state index in [1.807, 2.05) is 6.92 Å². The third-order valence-corrected chi connectivity index (χ3v) is 3.50. The van der Waals surface area contributed by atoms with E-state index in [4.69, 9.17) is 9.84 Å². The Bertz CT molecular complexity index is 514. The first-order valence-electron chi connectivity index (χ1n) is 6.79. The molecule has 1 amide bonds. The van der Waals surface area contributed by atoms with Gasteiger partial charge in [-0.15, -0.1) is 0 Å². The van der Waals surface area contributed by atoms with Crippen molar-refractivity contribution < 1.29 is 14.6 Å². The normalized spacial score (nSPS) is 22.8. The van der Waals surface area contributed by atoms with Gasteiger partial charge in [-0.05, 0) is 13.0 Å². The molecule has 0 spiro atoms. The van der Waals surface area contributed by atoms with E-state index in [0.717, 1.165) is 0 Å². The molecule has 1 saturated heterocycles. The lowest BCUT2D eigenvalue weighted by molar-refractivity contribution is -0.146. The Morgan fingerprint density at radius 2 is 2.30 bits per heavy atom. The van der Waals surface area contributed by atoms with Crippen LogP contribution in [-0.4, -0.2) is 52.4 Å². The van der Waals surface area contributed by atoms with Crippen LogP contribution in [0.5, 0.6) is 0 Å². The van der Waals surface area contributed by atoms with Crippen LogP contribution < -0.4 is 5.56 Å². The molecule has 2 atom stereocenters. The molecule has 2 unspecified atom stereocenters. The number of hydrogen-bond donors (Lipinski definition) is 1. The largest absolute Gasteiger partial charge is 0.394 e. The summed E-state index contributed by atoms with van der Waals surface area (Å²) in [6.07, 6.45) is 1.64. The molecule has 2 heterocycles. The van der Waals surface area contributed by atoms with Crippen LogP contribution in [0.2, 0.25) is 0 Å². The molecule has 6 heteroatoms. The zero-order valence-electron chi connectivity index (χ0n) is 11.6. The average Bonchev–Trinajstić information content (AvgIpc) is 2.46. The average molecular weight is 280 g/mol. The van der Waals surface area contributed by atoms with Gasteiger partial charge in [0, 0.05) is 31.8 Å². The number of carbonyl (C=O) groups is 1. The topological polar surface area (TPSA) is 71.8 Å².